The number of hydrogen-bond acceptors (Lipinski definition) is 3. The van der Waals surface area contributed by atoms with Crippen LogP contribution in [0.1, 0.15) is 27.2 Å². The fraction of sp³-hybridized carbons (Fsp3) is 0.900. The van der Waals surface area contributed by atoms with Gasteiger partial charge in [-0.15, -0.1) is 4.48 Å². The molecule has 1 saturated heterocycles. The molecule has 1 aliphatic rings. The smallest absolute Gasteiger partial charge is 0.334 e. The second-order valence-electron chi connectivity index (χ2n) is 4.19. The van der Waals surface area contributed by atoms with Crippen molar-refractivity contribution in [1.82, 2.24) is 5.54 Å². The van der Waals surface area contributed by atoms with E-state index in [-0.39, 0.29) is 17.9 Å². The maximum absolute atomic E-state index is 12.6. The third-order valence-corrected chi connectivity index (χ3v) is 3.40. The first-order valence-corrected chi connectivity index (χ1v) is 5.27. The zero-order valence-electron chi connectivity index (χ0n) is 9.24. The first-order chi connectivity index (χ1) is 7.02. The van der Waals surface area contributed by atoms with Gasteiger partial charge >= 0.3 is 5.97 Å². The van der Waals surface area contributed by atoms with Gasteiger partial charge in [0.25, 0.3) is 0 Å². The zero-order chi connectivity index (χ0) is 11.6. The summed E-state index contributed by atoms with van der Waals surface area (Å²) in [5, 5.41) is 8.93. The first-order valence-electron chi connectivity index (χ1n) is 5.27. The lowest BCUT2D eigenvalue weighted by Crippen LogP contribution is -2.56. The summed E-state index contributed by atoms with van der Waals surface area (Å²) in [6.07, 6.45) is -0.453. The Kier molecular flexibility index (Phi) is 4.04. The van der Waals surface area contributed by atoms with Gasteiger partial charge in [0.05, 0.1) is 12.1 Å². The lowest BCUT2D eigenvalue weighted by atomic mass is 9.79. The summed E-state index contributed by atoms with van der Waals surface area (Å²) in [6, 6.07) is -0.764. The molecule has 1 rings (SSSR count). The molecule has 0 aromatic carbocycles. The normalized spacial score (nSPS) is 41.5. The molecule has 0 radical (unpaired) electrons. The molecule has 4 nitrogen and oxygen atoms in total. The van der Waals surface area contributed by atoms with Gasteiger partial charge in [-0.05, 0) is 18.3 Å². The Morgan fingerprint density at radius 3 is 2.47 bits per heavy atom. The van der Waals surface area contributed by atoms with Crippen LogP contribution in [-0.2, 0) is 9.53 Å². The van der Waals surface area contributed by atoms with Crippen LogP contribution in [0.25, 0.3) is 0 Å². The highest BCUT2D eigenvalue weighted by atomic mass is 19.2. The van der Waals surface area contributed by atoms with E-state index >= 15 is 0 Å². The SMILES string of the molecule is CCC1OC(C(=O)O)C(NF)C(C)C1C. The van der Waals surface area contributed by atoms with Crippen molar-refractivity contribution < 1.29 is 19.1 Å². The monoisotopic (exact) mass is 219 g/mol. The molecule has 0 saturated carbocycles. The minimum absolute atomic E-state index is 0.0604. The number of hydrogen-bond donors (Lipinski definition) is 2. The second kappa shape index (κ2) is 4.90. The topological polar surface area (TPSA) is 58.6 Å². The fourth-order valence-corrected chi connectivity index (χ4v) is 2.17. The van der Waals surface area contributed by atoms with Crippen LogP contribution >= 0.6 is 0 Å². The molecule has 0 amide bonds. The summed E-state index contributed by atoms with van der Waals surface area (Å²) in [5.74, 6) is -1.02. The van der Waals surface area contributed by atoms with Gasteiger partial charge in [-0.1, -0.05) is 20.8 Å². The Labute approximate surface area is 88.7 Å². The third-order valence-electron chi connectivity index (χ3n) is 3.40. The quantitative estimate of drug-likeness (QED) is 0.704. The van der Waals surface area contributed by atoms with Gasteiger partial charge in [0, 0.05) is 0 Å². The van der Waals surface area contributed by atoms with Crippen molar-refractivity contribution in [3.8, 4) is 0 Å². The molecule has 5 unspecified atom stereocenters. The van der Waals surface area contributed by atoms with Crippen molar-refractivity contribution in [3.63, 3.8) is 0 Å². The number of halogens is 1. The molecule has 2 N–H and O–H groups in total. The maximum Gasteiger partial charge on any atom is 0.334 e. The Morgan fingerprint density at radius 2 is 2.07 bits per heavy atom. The molecule has 5 atom stereocenters. The zero-order valence-corrected chi connectivity index (χ0v) is 9.24. The number of ether oxygens (including phenoxy) is 1. The van der Waals surface area contributed by atoms with E-state index in [9.17, 15) is 9.28 Å². The van der Waals surface area contributed by atoms with Crippen molar-refractivity contribution in [3.05, 3.63) is 0 Å². The van der Waals surface area contributed by atoms with Gasteiger partial charge in [0.15, 0.2) is 6.10 Å². The number of carboxylic acid groups (broad SMARTS) is 1. The summed E-state index contributed by atoms with van der Waals surface area (Å²) < 4.78 is 17.9. The fourth-order valence-electron chi connectivity index (χ4n) is 2.17. The van der Waals surface area contributed by atoms with Crippen LogP contribution < -0.4 is 5.54 Å². The molecule has 1 aliphatic heterocycles. The van der Waals surface area contributed by atoms with E-state index < -0.39 is 18.1 Å². The summed E-state index contributed by atoms with van der Waals surface area (Å²) in [6.45, 7) is 5.75. The number of nitrogens with one attached hydrogen (secondary N) is 1. The van der Waals surface area contributed by atoms with Crippen LogP contribution in [-0.4, -0.2) is 29.3 Å². The van der Waals surface area contributed by atoms with Gasteiger partial charge in [0.2, 0.25) is 0 Å². The van der Waals surface area contributed by atoms with Crippen molar-refractivity contribution in [2.75, 3.05) is 0 Å². The van der Waals surface area contributed by atoms with E-state index in [1.165, 1.54) is 0 Å². The molecule has 0 aliphatic carbocycles. The van der Waals surface area contributed by atoms with E-state index in [0.717, 1.165) is 6.42 Å². The molecule has 0 bridgehead atoms. The van der Waals surface area contributed by atoms with E-state index in [4.69, 9.17) is 9.84 Å². The Bertz CT molecular complexity index is 237. The highest BCUT2D eigenvalue weighted by molar-refractivity contribution is 5.73. The Balaban J connectivity index is 2.84. The van der Waals surface area contributed by atoms with E-state index in [0.29, 0.717) is 0 Å². The lowest BCUT2D eigenvalue weighted by Gasteiger charge is -2.41. The lowest BCUT2D eigenvalue weighted by molar-refractivity contribution is -0.177. The average molecular weight is 219 g/mol. The molecular formula is C10H18FNO3. The van der Waals surface area contributed by atoms with Gasteiger partial charge in [-0.2, -0.15) is 5.54 Å². The molecule has 0 aromatic heterocycles. The van der Waals surface area contributed by atoms with E-state index in [1.54, 1.807) is 5.54 Å². The largest absolute Gasteiger partial charge is 0.479 e. The third kappa shape index (κ3) is 2.29. The summed E-state index contributed by atoms with van der Waals surface area (Å²) in [7, 11) is 0. The van der Waals surface area contributed by atoms with Crippen molar-refractivity contribution >= 4 is 5.97 Å². The van der Waals surface area contributed by atoms with Crippen LogP contribution in [0.3, 0.4) is 0 Å². The van der Waals surface area contributed by atoms with Crippen molar-refractivity contribution in [1.29, 1.82) is 0 Å². The summed E-state index contributed by atoms with van der Waals surface area (Å²) >= 11 is 0. The summed E-state index contributed by atoms with van der Waals surface area (Å²) in [4.78, 5) is 10.9. The predicted molar refractivity (Wildman–Crippen MR) is 52.9 cm³/mol. The van der Waals surface area contributed by atoms with Gasteiger partial charge in [-0.3, -0.25) is 0 Å². The van der Waals surface area contributed by atoms with Gasteiger partial charge in [0.1, 0.15) is 0 Å². The highest BCUT2D eigenvalue weighted by Crippen LogP contribution is 2.32. The van der Waals surface area contributed by atoms with Gasteiger partial charge < -0.3 is 9.84 Å². The number of rotatable bonds is 3. The predicted octanol–water partition coefficient (Wildman–Crippen LogP) is 1.36. The van der Waals surface area contributed by atoms with Crippen molar-refractivity contribution in [2.45, 2.75) is 45.4 Å². The second-order valence-corrected chi connectivity index (χ2v) is 4.19. The molecule has 1 heterocycles. The minimum Gasteiger partial charge on any atom is -0.479 e. The molecule has 5 heteroatoms. The van der Waals surface area contributed by atoms with Crippen LogP contribution in [0.15, 0.2) is 0 Å². The van der Waals surface area contributed by atoms with Crippen LogP contribution in [0, 0.1) is 11.8 Å². The maximum atomic E-state index is 12.6. The molecule has 0 spiro atoms. The first kappa shape index (κ1) is 12.4. The highest BCUT2D eigenvalue weighted by Gasteiger charge is 2.44. The van der Waals surface area contributed by atoms with Gasteiger partial charge in [-0.25, -0.2) is 4.79 Å². The molecule has 88 valence electrons. The van der Waals surface area contributed by atoms with Crippen molar-refractivity contribution in [2.24, 2.45) is 11.8 Å². The average Bonchev–Trinajstić information content (AvgIpc) is 2.21. The Hall–Kier alpha value is -0.680. The van der Waals surface area contributed by atoms with E-state index in [1.807, 2.05) is 20.8 Å². The van der Waals surface area contributed by atoms with Crippen LogP contribution in [0.4, 0.5) is 4.48 Å². The number of carbonyl (C=O) groups is 1. The Morgan fingerprint density at radius 1 is 1.47 bits per heavy atom. The van der Waals surface area contributed by atoms with Crippen LogP contribution in [0.5, 0.6) is 0 Å². The molecule has 15 heavy (non-hydrogen) atoms. The number of carboxylic acids is 1. The van der Waals surface area contributed by atoms with E-state index in [2.05, 4.69) is 0 Å². The molecule has 0 aromatic rings. The standard InChI is InChI=1S/C10H18FNO3/c1-4-7-5(2)6(3)8(12-11)9(15-7)10(13)14/h5-9,12H,4H2,1-3H3,(H,13,14). The minimum atomic E-state index is -1.11. The molecular weight excluding hydrogens is 201 g/mol. The molecule has 1 fully saturated rings. The van der Waals surface area contributed by atoms with Crippen LogP contribution in [0.2, 0.25) is 0 Å². The summed E-state index contributed by atoms with van der Waals surface area (Å²) in [5.41, 5.74) is 1.55. The number of aliphatic carboxylic acids is 1.